The van der Waals surface area contributed by atoms with Crippen molar-refractivity contribution in [3.63, 3.8) is 0 Å². The summed E-state index contributed by atoms with van der Waals surface area (Å²) < 4.78 is 13.6. The van der Waals surface area contributed by atoms with Gasteiger partial charge in [-0.15, -0.1) is 0 Å². The fourth-order valence-electron chi connectivity index (χ4n) is 4.41. The summed E-state index contributed by atoms with van der Waals surface area (Å²) in [6, 6.07) is 28.9. The Morgan fingerprint density at radius 2 is 1.68 bits per heavy atom. The SMILES string of the molecule is CC[C@H](C)Oc1ccc2ccccc2c1C=Nn1c(-c2cc3ccccc3o2)nc2ccccc2c1=O. The highest BCUT2D eigenvalue weighted by Gasteiger charge is 2.17. The van der Waals surface area contributed by atoms with E-state index in [9.17, 15) is 4.79 Å². The van der Waals surface area contributed by atoms with Gasteiger partial charge >= 0.3 is 0 Å². The summed E-state index contributed by atoms with van der Waals surface area (Å²) in [6.45, 7) is 4.12. The first-order chi connectivity index (χ1) is 18.1. The third-order valence-corrected chi connectivity index (χ3v) is 6.54. The molecule has 6 heteroatoms. The lowest BCUT2D eigenvalue weighted by Gasteiger charge is -2.16. The monoisotopic (exact) mass is 487 g/mol. The summed E-state index contributed by atoms with van der Waals surface area (Å²) in [4.78, 5) is 18.5. The molecule has 0 unspecified atom stereocenters. The van der Waals surface area contributed by atoms with Crippen LogP contribution in [0.5, 0.6) is 5.75 Å². The van der Waals surface area contributed by atoms with Crippen molar-refractivity contribution in [2.75, 3.05) is 0 Å². The Morgan fingerprint density at radius 1 is 0.946 bits per heavy atom. The zero-order valence-electron chi connectivity index (χ0n) is 20.6. The molecule has 0 N–H and O–H groups in total. The number of aromatic nitrogens is 2. The van der Waals surface area contributed by atoms with Gasteiger partial charge in [0, 0.05) is 10.9 Å². The molecule has 6 rings (SSSR count). The standard InChI is InChI=1S/C31H25N3O3/c1-3-20(2)36-28-17-16-21-10-4-6-12-23(21)25(28)19-32-34-30(29-18-22-11-5-9-15-27(22)37-29)33-26-14-8-7-13-24(26)31(34)35/h4-20H,3H2,1-2H3/t20-/m0/s1. The molecule has 6 aromatic rings. The summed E-state index contributed by atoms with van der Waals surface area (Å²) >= 11 is 0. The number of ether oxygens (including phenoxy) is 1. The van der Waals surface area contributed by atoms with Gasteiger partial charge in [-0.3, -0.25) is 4.79 Å². The molecule has 0 aliphatic carbocycles. The van der Waals surface area contributed by atoms with Gasteiger partial charge in [0.05, 0.1) is 23.2 Å². The van der Waals surface area contributed by atoms with Crippen LogP contribution in [-0.2, 0) is 0 Å². The molecule has 0 saturated heterocycles. The predicted octanol–water partition coefficient (Wildman–Crippen LogP) is 7.02. The zero-order chi connectivity index (χ0) is 25.4. The Bertz CT molecular complexity index is 1820. The number of hydrogen-bond donors (Lipinski definition) is 0. The molecule has 1 atom stereocenters. The van der Waals surface area contributed by atoms with E-state index in [1.54, 1.807) is 12.3 Å². The van der Waals surface area contributed by atoms with Crippen LogP contribution in [0.4, 0.5) is 0 Å². The van der Waals surface area contributed by atoms with Crippen molar-refractivity contribution in [2.24, 2.45) is 5.10 Å². The maximum absolute atomic E-state index is 13.7. The Kier molecular flexibility index (Phi) is 5.77. The third-order valence-electron chi connectivity index (χ3n) is 6.54. The van der Waals surface area contributed by atoms with E-state index in [1.807, 2.05) is 91.9 Å². The second kappa shape index (κ2) is 9.39. The largest absolute Gasteiger partial charge is 0.490 e. The normalized spacial score (nSPS) is 12.6. The smallest absolute Gasteiger partial charge is 0.282 e. The summed E-state index contributed by atoms with van der Waals surface area (Å²) in [5.41, 5.74) is 1.82. The molecule has 0 radical (unpaired) electrons. The van der Waals surface area contributed by atoms with Crippen LogP contribution in [0.3, 0.4) is 0 Å². The van der Waals surface area contributed by atoms with Gasteiger partial charge in [-0.1, -0.05) is 67.6 Å². The van der Waals surface area contributed by atoms with Gasteiger partial charge in [-0.2, -0.15) is 9.78 Å². The molecule has 182 valence electrons. The molecule has 0 bridgehead atoms. The average Bonchev–Trinajstić information content (AvgIpc) is 3.37. The van der Waals surface area contributed by atoms with E-state index in [2.05, 4.69) is 6.92 Å². The molecular weight excluding hydrogens is 462 g/mol. The molecular formula is C31H25N3O3. The van der Waals surface area contributed by atoms with Crippen LogP contribution < -0.4 is 10.3 Å². The van der Waals surface area contributed by atoms with Crippen molar-refractivity contribution in [2.45, 2.75) is 26.4 Å². The summed E-state index contributed by atoms with van der Waals surface area (Å²) in [5, 5.41) is 8.14. The number of nitrogens with zero attached hydrogens (tertiary/aromatic N) is 3. The van der Waals surface area contributed by atoms with Crippen molar-refractivity contribution in [1.29, 1.82) is 0 Å². The molecule has 0 amide bonds. The maximum Gasteiger partial charge on any atom is 0.282 e. The van der Waals surface area contributed by atoms with Crippen molar-refractivity contribution in [1.82, 2.24) is 9.66 Å². The number of fused-ring (bicyclic) bond motifs is 3. The van der Waals surface area contributed by atoms with Crippen molar-refractivity contribution in [3.05, 3.63) is 107 Å². The maximum atomic E-state index is 13.7. The molecule has 0 aliphatic rings. The van der Waals surface area contributed by atoms with E-state index in [1.165, 1.54) is 4.68 Å². The van der Waals surface area contributed by atoms with Crippen LogP contribution >= 0.6 is 0 Å². The quantitative estimate of drug-likeness (QED) is 0.237. The highest BCUT2D eigenvalue weighted by atomic mass is 16.5. The third kappa shape index (κ3) is 4.16. The highest BCUT2D eigenvalue weighted by molar-refractivity contribution is 6.02. The molecule has 4 aromatic carbocycles. The Labute approximate surface area is 213 Å². The number of rotatable bonds is 6. The van der Waals surface area contributed by atoms with E-state index in [4.69, 9.17) is 19.2 Å². The van der Waals surface area contributed by atoms with Crippen molar-refractivity contribution < 1.29 is 9.15 Å². The molecule has 0 aliphatic heterocycles. The first-order valence-electron chi connectivity index (χ1n) is 12.4. The van der Waals surface area contributed by atoms with Gasteiger partial charge in [0.1, 0.15) is 11.3 Å². The Balaban J connectivity index is 1.58. The lowest BCUT2D eigenvalue weighted by Crippen LogP contribution is -2.20. The Hall–Kier alpha value is -4.71. The zero-order valence-corrected chi connectivity index (χ0v) is 20.6. The first kappa shape index (κ1) is 22.7. The highest BCUT2D eigenvalue weighted by Crippen LogP contribution is 2.29. The van der Waals surface area contributed by atoms with E-state index >= 15 is 0 Å². The summed E-state index contributed by atoms with van der Waals surface area (Å²) in [7, 11) is 0. The molecule has 2 heterocycles. The molecule has 0 spiro atoms. The lowest BCUT2D eigenvalue weighted by atomic mass is 10.0. The summed E-state index contributed by atoms with van der Waals surface area (Å²) in [5.74, 6) is 1.51. The van der Waals surface area contributed by atoms with Crippen LogP contribution in [-0.4, -0.2) is 22.0 Å². The second-order valence-corrected chi connectivity index (χ2v) is 9.00. The minimum Gasteiger partial charge on any atom is -0.490 e. The van der Waals surface area contributed by atoms with E-state index in [-0.39, 0.29) is 11.7 Å². The van der Waals surface area contributed by atoms with E-state index < -0.39 is 0 Å². The number of para-hydroxylation sites is 2. The minimum atomic E-state index is -0.276. The fourth-order valence-corrected chi connectivity index (χ4v) is 4.41. The predicted molar refractivity (Wildman–Crippen MR) is 149 cm³/mol. The van der Waals surface area contributed by atoms with Crippen molar-refractivity contribution >= 4 is 38.9 Å². The minimum absolute atomic E-state index is 0.0319. The van der Waals surface area contributed by atoms with Crippen molar-refractivity contribution in [3.8, 4) is 17.3 Å². The van der Waals surface area contributed by atoms with Gasteiger partial charge < -0.3 is 9.15 Å². The van der Waals surface area contributed by atoms with Crippen LogP contribution in [0.1, 0.15) is 25.8 Å². The Morgan fingerprint density at radius 3 is 2.49 bits per heavy atom. The molecule has 0 saturated carbocycles. The van der Waals surface area contributed by atoms with Gasteiger partial charge in [0.25, 0.3) is 5.56 Å². The lowest BCUT2D eigenvalue weighted by molar-refractivity contribution is 0.217. The van der Waals surface area contributed by atoms with Gasteiger partial charge in [0.15, 0.2) is 5.76 Å². The van der Waals surface area contributed by atoms with E-state index in [0.29, 0.717) is 33.8 Å². The summed E-state index contributed by atoms with van der Waals surface area (Å²) in [6.07, 6.45) is 2.59. The van der Waals surface area contributed by atoms with Gasteiger partial charge in [0.2, 0.25) is 5.82 Å². The fraction of sp³-hybridized carbons (Fsp3) is 0.129. The van der Waals surface area contributed by atoms with Gasteiger partial charge in [-0.05, 0) is 54.4 Å². The van der Waals surface area contributed by atoms with Crippen LogP contribution in [0.15, 0.2) is 105 Å². The first-order valence-corrected chi connectivity index (χ1v) is 12.4. The number of hydrogen-bond acceptors (Lipinski definition) is 5. The molecule has 37 heavy (non-hydrogen) atoms. The van der Waals surface area contributed by atoms with Gasteiger partial charge in [-0.25, -0.2) is 4.98 Å². The van der Waals surface area contributed by atoms with Crippen LogP contribution in [0.2, 0.25) is 0 Å². The molecule has 6 nitrogen and oxygen atoms in total. The second-order valence-electron chi connectivity index (χ2n) is 9.00. The molecule has 2 aromatic heterocycles. The average molecular weight is 488 g/mol. The van der Waals surface area contributed by atoms with E-state index in [0.717, 1.165) is 28.1 Å². The van der Waals surface area contributed by atoms with Crippen LogP contribution in [0.25, 0.3) is 44.2 Å². The van der Waals surface area contributed by atoms with Crippen LogP contribution in [0, 0.1) is 0 Å². The number of furan rings is 1. The topological polar surface area (TPSA) is 69.6 Å². The number of benzene rings is 4. The molecule has 0 fully saturated rings.